The molecule has 1 aromatic heterocycles. The molecule has 1 fully saturated rings. The Morgan fingerprint density at radius 3 is 2.28 bits per heavy atom. The lowest BCUT2D eigenvalue weighted by molar-refractivity contribution is -0.137. The summed E-state index contributed by atoms with van der Waals surface area (Å²) in [5.41, 5.74) is -0.791. The summed E-state index contributed by atoms with van der Waals surface area (Å²) < 4.78 is 47.4. The van der Waals surface area contributed by atoms with E-state index in [-0.39, 0.29) is 36.1 Å². The molecule has 2 N–H and O–H groups in total. The van der Waals surface area contributed by atoms with Gasteiger partial charge in [0.1, 0.15) is 5.75 Å². The van der Waals surface area contributed by atoms with E-state index in [4.69, 9.17) is 4.74 Å². The summed E-state index contributed by atoms with van der Waals surface area (Å²) in [7, 11) is 1.46. The van der Waals surface area contributed by atoms with Crippen molar-refractivity contribution in [3.8, 4) is 5.75 Å². The molecule has 0 atom stereocenters. The van der Waals surface area contributed by atoms with E-state index in [0.717, 1.165) is 31.1 Å². The molecule has 1 aliphatic heterocycles. The van der Waals surface area contributed by atoms with Gasteiger partial charge in [-0.15, -0.1) is 12.4 Å². The summed E-state index contributed by atoms with van der Waals surface area (Å²) in [6.45, 7) is 1.54. The highest BCUT2D eigenvalue weighted by Crippen LogP contribution is 2.38. The van der Waals surface area contributed by atoms with Crippen LogP contribution < -0.4 is 15.4 Å². The maximum Gasteiger partial charge on any atom is 0.419 e. The van der Waals surface area contributed by atoms with Crippen LogP contribution in [0.1, 0.15) is 34.3 Å². The molecular weight excluding hydrogens is 533 g/mol. The van der Waals surface area contributed by atoms with Crippen molar-refractivity contribution in [1.82, 2.24) is 9.88 Å². The van der Waals surface area contributed by atoms with Crippen LogP contribution in [0.3, 0.4) is 0 Å². The normalized spacial score (nSPS) is 13.8. The Bertz CT molecular complexity index is 1250. The number of amides is 1. The first-order valence-corrected chi connectivity index (χ1v) is 12.3. The van der Waals surface area contributed by atoms with Gasteiger partial charge in [0.05, 0.1) is 19.2 Å². The molecule has 3 aromatic rings. The monoisotopic (exact) mass is 562 g/mol. The smallest absolute Gasteiger partial charge is 0.419 e. The number of anilines is 2. The highest BCUT2D eigenvalue weighted by molar-refractivity contribution is 6.10. The van der Waals surface area contributed by atoms with E-state index in [0.29, 0.717) is 24.8 Å². The van der Waals surface area contributed by atoms with Crippen LogP contribution in [0.15, 0.2) is 67.0 Å². The van der Waals surface area contributed by atoms with Gasteiger partial charge in [-0.05, 0) is 61.2 Å². The van der Waals surface area contributed by atoms with Gasteiger partial charge in [-0.25, -0.2) is 0 Å². The minimum absolute atomic E-state index is 0. The molecule has 0 spiro atoms. The van der Waals surface area contributed by atoms with Gasteiger partial charge in [-0.1, -0.05) is 12.1 Å². The fraction of sp³-hybridized carbons (Fsp3) is 0.321. The largest absolute Gasteiger partial charge is 0.497 e. The Morgan fingerprint density at radius 2 is 1.67 bits per heavy atom. The number of rotatable bonds is 9. The van der Waals surface area contributed by atoms with Crippen LogP contribution in [0.25, 0.3) is 0 Å². The summed E-state index contributed by atoms with van der Waals surface area (Å²) in [5.74, 6) is -0.179. The fourth-order valence-electron chi connectivity index (χ4n) is 4.49. The van der Waals surface area contributed by atoms with Crippen molar-refractivity contribution in [3.63, 3.8) is 0 Å². The number of carbonyl (C=O) groups is 2. The van der Waals surface area contributed by atoms with Crippen molar-refractivity contribution in [2.45, 2.75) is 19.0 Å². The Kier molecular flexibility index (Phi) is 10.2. The predicted octanol–water partition coefficient (Wildman–Crippen LogP) is 5.52. The Hall–Kier alpha value is -3.79. The molecule has 4 rings (SSSR count). The Morgan fingerprint density at radius 1 is 1.00 bits per heavy atom. The molecule has 0 bridgehead atoms. The standard InChI is InChI=1S/C28H29F3N4O3.ClH/c1-38-22-7-5-20(6-8-22)27(37)23-3-2-4-24(26(23)28(29,30)31)34-18-25(36)35-15-11-19(12-16-35)17-33-21-9-13-32-14-10-21;/h2-10,13-14,19,34H,11-12,15-18H2,1H3,(H,32,33);1H. The van der Waals surface area contributed by atoms with Crippen LogP contribution in [0.2, 0.25) is 0 Å². The number of pyridine rings is 1. The fourth-order valence-corrected chi connectivity index (χ4v) is 4.49. The molecule has 2 aromatic carbocycles. The van der Waals surface area contributed by atoms with Crippen molar-refractivity contribution in [1.29, 1.82) is 0 Å². The molecule has 7 nitrogen and oxygen atoms in total. The average Bonchev–Trinajstić information content (AvgIpc) is 2.94. The van der Waals surface area contributed by atoms with Gasteiger partial charge in [-0.3, -0.25) is 14.6 Å². The zero-order chi connectivity index (χ0) is 27.1. The molecule has 1 amide bonds. The van der Waals surface area contributed by atoms with E-state index in [2.05, 4.69) is 15.6 Å². The Labute approximate surface area is 231 Å². The van der Waals surface area contributed by atoms with E-state index in [1.165, 1.54) is 43.5 Å². The summed E-state index contributed by atoms with van der Waals surface area (Å²) in [6, 6.07) is 13.4. The number of nitrogens with zero attached hydrogens (tertiary/aromatic N) is 2. The SMILES string of the molecule is COc1ccc(C(=O)c2cccc(NCC(=O)N3CCC(CNc4ccncc4)CC3)c2C(F)(F)F)cc1.Cl. The lowest BCUT2D eigenvalue weighted by Crippen LogP contribution is -2.42. The highest BCUT2D eigenvalue weighted by Gasteiger charge is 2.38. The quantitative estimate of drug-likeness (QED) is 0.334. The van der Waals surface area contributed by atoms with Crippen LogP contribution in [-0.4, -0.2) is 54.9 Å². The third-order valence-electron chi connectivity index (χ3n) is 6.62. The number of ketones is 1. The molecule has 39 heavy (non-hydrogen) atoms. The van der Waals surface area contributed by atoms with Crippen LogP contribution in [0, 0.1) is 5.92 Å². The number of halogens is 4. The number of aromatic nitrogens is 1. The number of methoxy groups -OCH3 is 1. The van der Waals surface area contributed by atoms with E-state index in [1.807, 2.05) is 12.1 Å². The van der Waals surface area contributed by atoms with Crippen LogP contribution >= 0.6 is 12.4 Å². The lowest BCUT2D eigenvalue weighted by Gasteiger charge is -2.32. The van der Waals surface area contributed by atoms with Gasteiger partial charge >= 0.3 is 6.18 Å². The van der Waals surface area contributed by atoms with Gasteiger partial charge in [0.2, 0.25) is 5.91 Å². The number of hydrogen-bond acceptors (Lipinski definition) is 6. The van der Waals surface area contributed by atoms with Gasteiger partial charge in [-0.2, -0.15) is 13.2 Å². The molecule has 1 aliphatic rings. The van der Waals surface area contributed by atoms with E-state index in [9.17, 15) is 22.8 Å². The Balaban J connectivity index is 0.00000420. The second-order valence-electron chi connectivity index (χ2n) is 9.08. The zero-order valence-corrected chi connectivity index (χ0v) is 22.1. The first-order chi connectivity index (χ1) is 18.3. The highest BCUT2D eigenvalue weighted by atomic mass is 35.5. The number of ether oxygens (including phenoxy) is 1. The molecule has 11 heteroatoms. The van der Waals surface area contributed by atoms with Gasteiger partial charge in [0, 0.05) is 54.5 Å². The third kappa shape index (κ3) is 7.63. The second kappa shape index (κ2) is 13.3. The number of benzene rings is 2. The summed E-state index contributed by atoms with van der Waals surface area (Å²) in [6.07, 6.45) is 0.216. The second-order valence-corrected chi connectivity index (χ2v) is 9.08. The van der Waals surface area contributed by atoms with E-state index in [1.54, 1.807) is 17.3 Å². The zero-order valence-electron chi connectivity index (χ0n) is 21.3. The van der Waals surface area contributed by atoms with Crippen molar-refractivity contribution in [3.05, 3.63) is 83.7 Å². The first-order valence-electron chi connectivity index (χ1n) is 12.3. The first kappa shape index (κ1) is 29.8. The molecule has 2 heterocycles. The maximum absolute atomic E-state index is 14.1. The predicted molar refractivity (Wildman–Crippen MR) is 146 cm³/mol. The van der Waals surface area contributed by atoms with Crippen LogP contribution in [-0.2, 0) is 11.0 Å². The van der Waals surface area contributed by atoms with Crippen molar-refractivity contribution < 1.29 is 27.5 Å². The molecular formula is C28H30ClF3N4O3. The topological polar surface area (TPSA) is 83.6 Å². The summed E-state index contributed by atoms with van der Waals surface area (Å²) in [4.78, 5) is 31.4. The number of hydrogen-bond donors (Lipinski definition) is 2. The number of nitrogens with one attached hydrogen (secondary N) is 2. The van der Waals surface area contributed by atoms with Crippen molar-refractivity contribution in [2.75, 3.05) is 43.9 Å². The van der Waals surface area contributed by atoms with Crippen LogP contribution in [0.4, 0.5) is 24.5 Å². The third-order valence-corrected chi connectivity index (χ3v) is 6.62. The molecule has 0 aliphatic carbocycles. The molecule has 0 radical (unpaired) electrons. The molecule has 1 saturated heterocycles. The number of likely N-dealkylation sites (tertiary alicyclic amines) is 1. The van der Waals surface area contributed by atoms with Crippen LogP contribution in [0.5, 0.6) is 5.75 Å². The number of piperidine rings is 1. The average molecular weight is 563 g/mol. The summed E-state index contributed by atoms with van der Waals surface area (Å²) in [5, 5.41) is 6.00. The minimum atomic E-state index is -4.80. The molecule has 0 saturated carbocycles. The van der Waals surface area contributed by atoms with Crippen molar-refractivity contribution >= 4 is 35.5 Å². The van der Waals surface area contributed by atoms with Gasteiger partial charge in [0.25, 0.3) is 0 Å². The van der Waals surface area contributed by atoms with Gasteiger partial charge in [0.15, 0.2) is 5.78 Å². The molecule has 208 valence electrons. The molecule has 0 unspecified atom stereocenters. The number of carbonyl (C=O) groups excluding carboxylic acids is 2. The van der Waals surface area contributed by atoms with Gasteiger partial charge < -0.3 is 20.3 Å². The van der Waals surface area contributed by atoms with Crippen molar-refractivity contribution in [2.24, 2.45) is 5.92 Å². The number of alkyl halides is 3. The van der Waals surface area contributed by atoms with E-state index < -0.39 is 23.1 Å². The maximum atomic E-state index is 14.1. The van der Waals surface area contributed by atoms with E-state index >= 15 is 0 Å². The lowest BCUT2D eigenvalue weighted by atomic mass is 9.96. The summed E-state index contributed by atoms with van der Waals surface area (Å²) >= 11 is 0. The minimum Gasteiger partial charge on any atom is -0.497 e.